The summed E-state index contributed by atoms with van der Waals surface area (Å²) in [4.78, 5) is 5.08. The molecule has 0 amide bonds. The smallest absolute Gasteiger partial charge is 0.125 e. The van der Waals surface area contributed by atoms with Crippen molar-refractivity contribution in [2.75, 3.05) is 0 Å². The maximum atomic E-state index is 5.08. The minimum Gasteiger partial charge on any atom is -0.309 e. The third kappa shape index (κ3) is 3.60. The van der Waals surface area contributed by atoms with E-state index in [0.29, 0.717) is 0 Å². The largest absolute Gasteiger partial charge is 0.309 e. The lowest BCUT2D eigenvalue weighted by atomic mass is 10.0. The number of para-hydroxylation sites is 4. The number of benzene rings is 7. The van der Waals surface area contributed by atoms with Crippen LogP contribution in [0.15, 0.2) is 152 Å². The molecule has 0 N–H and O–H groups in total. The molecule has 0 aliphatic rings. The number of aromatic nitrogens is 3. The summed E-state index contributed by atoms with van der Waals surface area (Å²) in [5, 5.41) is 8.49. The van der Waals surface area contributed by atoms with E-state index in [1.54, 1.807) is 11.3 Å². The predicted molar refractivity (Wildman–Crippen MR) is 191 cm³/mol. The molecule has 0 unspecified atom stereocenters. The number of nitrogens with zero attached hydrogens (tertiary/aromatic N) is 3. The van der Waals surface area contributed by atoms with Crippen molar-refractivity contribution in [2.45, 2.75) is 0 Å². The van der Waals surface area contributed by atoms with Gasteiger partial charge in [0.15, 0.2) is 0 Å². The van der Waals surface area contributed by atoms with E-state index < -0.39 is 0 Å². The van der Waals surface area contributed by atoms with E-state index in [-0.39, 0.29) is 0 Å². The summed E-state index contributed by atoms with van der Waals surface area (Å²) >= 11 is 1.76. The molecule has 3 aromatic heterocycles. The van der Waals surface area contributed by atoms with Crippen LogP contribution in [-0.2, 0) is 0 Å². The molecule has 0 saturated heterocycles. The van der Waals surface area contributed by atoms with Crippen LogP contribution in [0.25, 0.3) is 86.5 Å². The zero-order valence-corrected chi connectivity index (χ0v) is 25.0. The average Bonchev–Trinajstić information content (AvgIpc) is 3.78. The Morgan fingerprint density at radius 2 is 0.978 bits per heavy atom. The van der Waals surface area contributed by atoms with E-state index in [1.165, 1.54) is 59.1 Å². The Labute approximate surface area is 262 Å². The van der Waals surface area contributed by atoms with Gasteiger partial charge >= 0.3 is 0 Å². The number of thiazole rings is 1. The number of fused-ring (bicyclic) bond motifs is 8. The topological polar surface area (TPSA) is 22.8 Å². The van der Waals surface area contributed by atoms with Crippen LogP contribution in [0, 0.1) is 0 Å². The monoisotopic (exact) mass is 591 g/mol. The molecule has 0 fully saturated rings. The van der Waals surface area contributed by atoms with Gasteiger partial charge in [0, 0.05) is 38.5 Å². The van der Waals surface area contributed by atoms with E-state index in [0.717, 1.165) is 27.5 Å². The van der Waals surface area contributed by atoms with Gasteiger partial charge in [-0.1, -0.05) is 91.0 Å². The molecule has 45 heavy (non-hydrogen) atoms. The molecule has 0 saturated carbocycles. The van der Waals surface area contributed by atoms with Crippen molar-refractivity contribution in [3.8, 4) is 21.9 Å². The first-order valence-electron chi connectivity index (χ1n) is 15.2. The van der Waals surface area contributed by atoms with Crippen LogP contribution < -0.4 is 0 Å². The van der Waals surface area contributed by atoms with Crippen molar-refractivity contribution in [1.82, 2.24) is 14.1 Å². The molecule has 3 nitrogen and oxygen atoms in total. The van der Waals surface area contributed by atoms with Crippen molar-refractivity contribution in [3.05, 3.63) is 152 Å². The van der Waals surface area contributed by atoms with Gasteiger partial charge in [-0.05, 0) is 71.4 Å². The Balaban J connectivity index is 1.25. The normalized spacial score (nSPS) is 12.0. The molecule has 7 aromatic carbocycles. The summed E-state index contributed by atoms with van der Waals surface area (Å²) in [5.41, 5.74) is 9.33. The van der Waals surface area contributed by atoms with Crippen LogP contribution in [0.1, 0.15) is 0 Å². The lowest BCUT2D eigenvalue weighted by Gasteiger charge is -2.13. The first kappa shape index (κ1) is 24.7. The van der Waals surface area contributed by atoms with Gasteiger partial charge in [0.25, 0.3) is 0 Å². The molecule has 0 atom stereocenters. The van der Waals surface area contributed by atoms with Crippen LogP contribution in [0.2, 0.25) is 0 Å². The fourth-order valence-electron chi connectivity index (χ4n) is 7.17. The number of hydrogen-bond acceptors (Lipinski definition) is 2. The van der Waals surface area contributed by atoms with Crippen LogP contribution in [0.3, 0.4) is 0 Å². The molecule has 10 rings (SSSR count). The van der Waals surface area contributed by atoms with E-state index in [4.69, 9.17) is 4.98 Å². The van der Waals surface area contributed by atoms with E-state index in [2.05, 4.69) is 161 Å². The van der Waals surface area contributed by atoms with E-state index in [9.17, 15) is 0 Å². The Hall–Kier alpha value is -5.71. The molecule has 0 aliphatic carbocycles. The van der Waals surface area contributed by atoms with Crippen molar-refractivity contribution >= 4 is 75.9 Å². The lowest BCUT2D eigenvalue weighted by Crippen LogP contribution is -1.97. The highest BCUT2D eigenvalue weighted by Gasteiger charge is 2.18. The Bertz CT molecular complexity index is 2690. The van der Waals surface area contributed by atoms with Crippen LogP contribution in [-0.4, -0.2) is 14.1 Å². The Morgan fingerprint density at radius 1 is 0.422 bits per heavy atom. The standard InChI is InChI=1S/C41H25N3S/c1-2-12-29-26(11-1)23-28(25-34(29)41-42-35-16-6-10-20-40(35)45-41)44-38-19-9-5-15-32(38)33-24-27(21-22-39(33)44)43-36-17-7-3-13-30(36)31-14-4-8-18-37(31)43/h1-25H. The summed E-state index contributed by atoms with van der Waals surface area (Å²) < 4.78 is 6.03. The summed E-state index contributed by atoms with van der Waals surface area (Å²) in [5.74, 6) is 0. The van der Waals surface area contributed by atoms with Gasteiger partial charge in [0.05, 0.1) is 32.3 Å². The van der Waals surface area contributed by atoms with Crippen molar-refractivity contribution in [3.63, 3.8) is 0 Å². The Morgan fingerprint density at radius 3 is 1.69 bits per heavy atom. The van der Waals surface area contributed by atoms with Gasteiger partial charge in [-0.15, -0.1) is 11.3 Å². The zero-order chi connectivity index (χ0) is 29.5. The van der Waals surface area contributed by atoms with Gasteiger partial charge in [-0.25, -0.2) is 4.98 Å². The summed E-state index contributed by atoms with van der Waals surface area (Å²) in [6, 6.07) is 54.8. The van der Waals surface area contributed by atoms with Gasteiger partial charge < -0.3 is 9.13 Å². The first-order valence-corrected chi connectivity index (χ1v) is 16.0. The lowest BCUT2D eigenvalue weighted by molar-refractivity contribution is 1.17. The summed E-state index contributed by atoms with van der Waals surface area (Å²) in [7, 11) is 0. The molecule has 0 spiro atoms. The number of hydrogen-bond donors (Lipinski definition) is 0. The van der Waals surface area contributed by atoms with Gasteiger partial charge in [-0.3, -0.25) is 0 Å². The summed E-state index contributed by atoms with van der Waals surface area (Å²) in [6.07, 6.45) is 0. The second-order valence-electron chi connectivity index (χ2n) is 11.6. The van der Waals surface area contributed by atoms with Gasteiger partial charge in [0.2, 0.25) is 0 Å². The summed E-state index contributed by atoms with van der Waals surface area (Å²) in [6.45, 7) is 0. The van der Waals surface area contributed by atoms with Gasteiger partial charge in [-0.2, -0.15) is 0 Å². The average molecular weight is 592 g/mol. The molecular weight excluding hydrogens is 567 g/mol. The Kier molecular flexibility index (Phi) is 5.16. The quantitative estimate of drug-likeness (QED) is 0.200. The van der Waals surface area contributed by atoms with Crippen LogP contribution in [0.5, 0.6) is 0 Å². The maximum Gasteiger partial charge on any atom is 0.125 e. The molecule has 0 aliphatic heterocycles. The van der Waals surface area contributed by atoms with E-state index in [1.807, 2.05) is 0 Å². The highest BCUT2D eigenvalue weighted by atomic mass is 32.1. The van der Waals surface area contributed by atoms with Crippen molar-refractivity contribution in [1.29, 1.82) is 0 Å². The molecule has 3 heterocycles. The van der Waals surface area contributed by atoms with Crippen LogP contribution >= 0.6 is 11.3 Å². The molecule has 0 bridgehead atoms. The maximum absolute atomic E-state index is 5.08. The fraction of sp³-hybridized carbons (Fsp3) is 0. The van der Waals surface area contributed by atoms with Crippen molar-refractivity contribution < 1.29 is 0 Å². The zero-order valence-electron chi connectivity index (χ0n) is 24.2. The molecule has 210 valence electrons. The van der Waals surface area contributed by atoms with Crippen LogP contribution in [0.4, 0.5) is 0 Å². The number of rotatable bonds is 3. The molecular formula is C41H25N3S. The third-order valence-electron chi connectivity index (χ3n) is 9.12. The fourth-order valence-corrected chi connectivity index (χ4v) is 8.16. The highest BCUT2D eigenvalue weighted by molar-refractivity contribution is 7.21. The molecule has 0 radical (unpaired) electrons. The van der Waals surface area contributed by atoms with E-state index >= 15 is 0 Å². The minimum absolute atomic E-state index is 1.04. The second-order valence-corrected chi connectivity index (χ2v) is 12.7. The first-order chi connectivity index (χ1) is 22.3. The second kappa shape index (κ2) is 9.39. The van der Waals surface area contributed by atoms with Crippen molar-refractivity contribution in [2.24, 2.45) is 0 Å². The SMILES string of the molecule is c1ccc2c(-c3nc4ccccc4s3)cc(-n3c4ccccc4c4cc(-n5c6ccccc6c6ccccc65)ccc43)cc2c1. The molecule has 4 heteroatoms. The predicted octanol–water partition coefficient (Wildman–Crippen LogP) is 11.3. The highest BCUT2D eigenvalue weighted by Crippen LogP contribution is 2.40. The minimum atomic E-state index is 1.04. The third-order valence-corrected chi connectivity index (χ3v) is 10.2. The van der Waals surface area contributed by atoms with Gasteiger partial charge in [0.1, 0.15) is 5.01 Å². The molecule has 10 aromatic rings.